The van der Waals surface area contributed by atoms with Crippen molar-refractivity contribution in [2.75, 3.05) is 37.8 Å². The summed E-state index contributed by atoms with van der Waals surface area (Å²) in [6.07, 6.45) is 3.53. The van der Waals surface area contributed by atoms with E-state index in [-0.39, 0.29) is 6.03 Å². The number of hydrogen-bond acceptors (Lipinski definition) is 4. The van der Waals surface area contributed by atoms with Gasteiger partial charge in [-0.3, -0.25) is 4.90 Å². The quantitative estimate of drug-likeness (QED) is 0.814. The van der Waals surface area contributed by atoms with Crippen molar-refractivity contribution >= 4 is 23.8 Å². The summed E-state index contributed by atoms with van der Waals surface area (Å²) in [5, 5.41) is 9.17. The Kier molecular flexibility index (Phi) is 4.07. The van der Waals surface area contributed by atoms with E-state index >= 15 is 0 Å². The Bertz CT molecular complexity index is 400. The van der Waals surface area contributed by atoms with Crippen molar-refractivity contribution in [2.24, 2.45) is 0 Å². The standard InChI is InChI=1S/C13H21N3O3S/c17-12(18)11-8-20-9-16(11)13(19)15-6-3-10(7-15)14-4-1-2-5-14/h10-11H,1-9H2,(H,17,18)/t10?,11-/m0/s1. The summed E-state index contributed by atoms with van der Waals surface area (Å²) in [6.45, 7) is 3.80. The van der Waals surface area contributed by atoms with Crippen LogP contribution in [0, 0.1) is 0 Å². The molecular formula is C13H21N3O3S. The average molecular weight is 299 g/mol. The van der Waals surface area contributed by atoms with Gasteiger partial charge in [0.15, 0.2) is 0 Å². The molecule has 3 rings (SSSR count). The fourth-order valence-electron chi connectivity index (χ4n) is 3.34. The highest BCUT2D eigenvalue weighted by molar-refractivity contribution is 7.99. The number of thioether (sulfide) groups is 1. The molecule has 0 aromatic heterocycles. The molecule has 1 unspecified atom stereocenters. The maximum atomic E-state index is 12.5. The Morgan fingerprint density at radius 3 is 2.60 bits per heavy atom. The molecule has 20 heavy (non-hydrogen) atoms. The molecule has 3 saturated heterocycles. The van der Waals surface area contributed by atoms with E-state index in [2.05, 4.69) is 4.90 Å². The first kappa shape index (κ1) is 14.0. The normalized spacial score (nSPS) is 31.2. The number of amides is 2. The number of urea groups is 1. The fraction of sp³-hybridized carbons (Fsp3) is 0.846. The zero-order valence-electron chi connectivity index (χ0n) is 11.5. The molecule has 3 aliphatic heterocycles. The van der Waals surface area contributed by atoms with Crippen LogP contribution < -0.4 is 0 Å². The van der Waals surface area contributed by atoms with Crippen LogP contribution in [0.4, 0.5) is 4.79 Å². The summed E-state index contributed by atoms with van der Waals surface area (Å²) < 4.78 is 0. The molecule has 0 aromatic carbocycles. The number of likely N-dealkylation sites (tertiary alicyclic amines) is 2. The van der Waals surface area contributed by atoms with Gasteiger partial charge in [-0.15, -0.1) is 11.8 Å². The molecule has 2 amide bonds. The highest BCUT2D eigenvalue weighted by Gasteiger charge is 2.39. The van der Waals surface area contributed by atoms with Gasteiger partial charge in [-0.1, -0.05) is 0 Å². The van der Waals surface area contributed by atoms with Crippen LogP contribution in [0.25, 0.3) is 0 Å². The molecule has 0 radical (unpaired) electrons. The molecule has 0 saturated carbocycles. The largest absolute Gasteiger partial charge is 0.480 e. The van der Waals surface area contributed by atoms with E-state index in [4.69, 9.17) is 5.11 Å². The first-order valence-electron chi connectivity index (χ1n) is 7.27. The monoisotopic (exact) mass is 299 g/mol. The van der Waals surface area contributed by atoms with Crippen LogP contribution in [0.15, 0.2) is 0 Å². The summed E-state index contributed by atoms with van der Waals surface area (Å²) in [5.74, 6) is 0.115. The van der Waals surface area contributed by atoms with E-state index in [9.17, 15) is 9.59 Å². The van der Waals surface area contributed by atoms with Crippen LogP contribution in [0.3, 0.4) is 0 Å². The highest BCUT2D eigenvalue weighted by atomic mass is 32.2. The number of hydrogen-bond donors (Lipinski definition) is 1. The van der Waals surface area contributed by atoms with Crippen molar-refractivity contribution < 1.29 is 14.7 Å². The van der Waals surface area contributed by atoms with Crippen molar-refractivity contribution in [3.05, 3.63) is 0 Å². The van der Waals surface area contributed by atoms with Gasteiger partial charge in [0.25, 0.3) is 0 Å². The second-order valence-electron chi connectivity index (χ2n) is 5.74. The van der Waals surface area contributed by atoms with Crippen molar-refractivity contribution in [1.29, 1.82) is 0 Å². The molecule has 112 valence electrons. The SMILES string of the molecule is O=C(O)[C@@H]1CSCN1C(=O)N1CCC(N2CCCC2)C1. The van der Waals surface area contributed by atoms with Crippen molar-refractivity contribution in [1.82, 2.24) is 14.7 Å². The number of rotatable bonds is 2. The zero-order valence-corrected chi connectivity index (χ0v) is 12.3. The number of carboxylic acids is 1. The Morgan fingerprint density at radius 2 is 1.90 bits per heavy atom. The molecule has 2 atom stereocenters. The van der Waals surface area contributed by atoms with Crippen LogP contribution in [-0.2, 0) is 4.79 Å². The maximum Gasteiger partial charge on any atom is 0.327 e. The van der Waals surface area contributed by atoms with E-state index in [1.54, 1.807) is 0 Å². The van der Waals surface area contributed by atoms with Crippen molar-refractivity contribution in [3.8, 4) is 0 Å². The highest BCUT2D eigenvalue weighted by Crippen LogP contribution is 2.26. The van der Waals surface area contributed by atoms with Crippen LogP contribution in [0.2, 0.25) is 0 Å². The van der Waals surface area contributed by atoms with Gasteiger partial charge < -0.3 is 14.9 Å². The van der Waals surface area contributed by atoms with E-state index in [0.29, 0.717) is 17.7 Å². The molecule has 6 nitrogen and oxygen atoms in total. The van der Waals surface area contributed by atoms with Gasteiger partial charge in [-0.2, -0.15) is 0 Å². The first-order chi connectivity index (χ1) is 9.66. The van der Waals surface area contributed by atoms with Gasteiger partial charge in [0.05, 0.1) is 5.88 Å². The minimum atomic E-state index is -0.890. The number of carboxylic acid groups (broad SMARTS) is 1. The summed E-state index contributed by atoms with van der Waals surface area (Å²) in [7, 11) is 0. The average Bonchev–Trinajstić information content (AvgIpc) is 3.17. The maximum absolute atomic E-state index is 12.5. The van der Waals surface area contributed by atoms with Gasteiger partial charge in [0.2, 0.25) is 0 Å². The molecule has 0 spiro atoms. The van der Waals surface area contributed by atoms with Gasteiger partial charge in [-0.05, 0) is 32.4 Å². The number of nitrogens with zero attached hydrogens (tertiary/aromatic N) is 3. The third kappa shape index (κ3) is 2.61. The Balaban J connectivity index is 1.59. The Hall–Kier alpha value is -0.950. The smallest absolute Gasteiger partial charge is 0.327 e. The fourth-order valence-corrected chi connectivity index (χ4v) is 4.48. The van der Waals surface area contributed by atoms with Gasteiger partial charge in [0, 0.05) is 24.9 Å². The summed E-state index contributed by atoms with van der Waals surface area (Å²) in [4.78, 5) is 29.5. The molecule has 1 N–H and O–H groups in total. The van der Waals surface area contributed by atoms with E-state index < -0.39 is 12.0 Å². The summed E-state index contributed by atoms with van der Waals surface area (Å²) in [5.41, 5.74) is 0. The lowest BCUT2D eigenvalue weighted by atomic mass is 10.2. The third-order valence-corrected chi connectivity index (χ3v) is 5.52. The summed E-state index contributed by atoms with van der Waals surface area (Å²) in [6, 6.07) is -0.276. The summed E-state index contributed by atoms with van der Waals surface area (Å²) >= 11 is 1.52. The van der Waals surface area contributed by atoms with Crippen molar-refractivity contribution in [2.45, 2.75) is 31.3 Å². The molecule has 3 fully saturated rings. The van der Waals surface area contributed by atoms with E-state index in [1.165, 1.54) is 29.5 Å². The van der Waals surface area contributed by atoms with Crippen LogP contribution in [-0.4, -0.2) is 81.7 Å². The molecule has 0 bridgehead atoms. The third-order valence-electron chi connectivity index (χ3n) is 4.50. The van der Waals surface area contributed by atoms with Crippen molar-refractivity contribution in [3.63, 3.8) is 0 Å². The Morgan fingerprint density at radius 1 is 1.15 bits per heavy atom. The zero-order chi connectivity index (χ0) is 14.1. The topological polar surface area (TPSA) is 64.1 Å². The van der Waals surface area contributed by atoms with Gasteiger partial charge in [-0.25, -0.2) is 9.59 Å². The predicted octanol–water partition coefficient (Wildman–Crippen LogP) is 0.736. The predicted molar refractivity (Wildman–Crippen MR) is 76.8 cm³/mol. The second-order valence-corrected chi connectivity index (χ2v) is 6.74. The van der Waals surface area contributed by atoms with Gasteiger partial charge in [0.1, 0.15) is 6.04 Å². The minimum Gasteiger partial charge on any atom is -0.480 e. The van der Waals surface area contributed by atoms with E-state index in [0.717, 1.165) is 32.6 Å². The van der Waals surface area contributed by atoms with Crippen LogP contribution >= 0.6 is 11.8 Å². The van der Waals surface area contributed by atoms with Crippen LogP contribution in [0.1, 0.15) is 19.3 Å². The van der Waals surface area contributed by atoms with E-state index in [1.807, 2.05) is 4.90 Å². The molecular weight excluding hydrogens is 278 g/mol. The number of carbonyl (C=O) groups excluding carboxylic acids is 1. The minimum absolute atomic E-state index is 0.0934. The lowest BCUT2D eigenvalue weighted by molar-refractivity contribution is -0.140. The molecule has 0 aliphatic carbocycles. The molecule has 0 aromatic rings. The molecule has 7 heteroatoms. The second kappa shape index (κ2) is 5.81. The lowest BCUT2D eigenvalue weighted by Crippen LogP contribution is -2.48. The Labute approximate surface area is 123 Å². The number of aliphatic carboxylic acids is 1. The molecule has 3 aliphatic rings. The van der Waals surface area contributed by atoms with Crippen LogP contribution in [0.5, 0.6) is 0 Å². The molecule has 3 heterocycles. The lowest BCUT2D eigenvalue weighted by Gasteiger charge is -2.28. The number of carbonyl (C=O) groups is 2. The first-order valence-corrected chi connectivity index (χ1v) is 8.42. The van der Waals surface area contributed by atoms with Gasteiger partial charge >= 0.3 is 12.0 Å².